The first kappa shape index (κ1) is 30.7. The van der Waals surface area contributed by atoms with Gasteiger partial charge in [-0.2, -0.15) is 0 Å². The first-order valence-electron chi connectivity index (χ1n) is 14.6. The Hall–Kier alpha value is -4.25. The van der Waals surface area contributed by atoms with E-state index < -0.39 is 18.0 Å². The molecule has 42 heavy (non-hydrogen) atoms. The first-order valence-corrected chi connectivity index (χ1v) is 14.6. The second-order valence-electron chi connectivity index (χ2n) is 11.1. The monoisotopic (exact) mass is 575 g/mol. The highest BCUT2D eigenvalue weighted by molar-refractivity contribution is 5.97. The molecule has 2 atom stereocenters. The van der Waals surface area contributed by atoms with Crippen molar-refractivity contribution in [1.82, 2.24) is 36.1 Å². The fraction of sp³-hybridized carbons (Fsp3) is 0.452. The van der Waals surface area contributed by atoms with Gasteiger partial charge in [0, 0.05) is 44.6 Å². The lowest BCUT2D eigenvalue weighted by atomic mass is 10.0. The van der Waals surface area contributed by atoms with Gasteiger partial charge in [0.15, 0.2) is 0 Å². The van der Waals surface area contributed by atoms with Gasteiger partial charge in [-0.15, -0.1) is 0 Å². The van der Waals surface area contributed by atoms with Crippen LogP contribution in [0.25, 0.3) is 11.0 Å². The molecule has 0 fully saturated rings. The molecule has 0 radical (unpaired) electrons. The minimum absolute atomic E-state index is 0.0335. The number of imidazole rings is 1. The largest absolute Gasteiger partial charge is 0.354 e. The molecule has 4 rings (SSSR count). The first-order chi connectivity index (χ1) is 20.2. The summed E-state index contributed by atoms with van der Waals surface area (Å²) in [5.74, 6) is 0.0109. The lowest BCUT2D eigenvalue weighted by molar-refractivity contribution is -0.131. The molecular formula is C31H41N7O4. The molecule has 0 aliphatic carbocycles. The summed E-state index contributed by atoms with van der Waals surface area (Å²) in [6, 6.07) is 13.2. The van der Waals surface area contributed by atoms with E-state index in [1.165, 1.54) is 0 Å². The molecule has 2 aromatic carbocycles. The smallest absolute Gasteiger partial charge is 0.251 e. The molecule has 2 heterocycles. The topological polar surface area (TPSA) is 146 Å². The molecule has 4 amide bonds. The van der Waals surface area contributed by atoms with Gasteiger partial charge in [0.05, 0.1) is 17.6 Å². The fourth-order valence-corrected chi connectivity index (χ4v) is 4.94. The molecule has 0 saturated carbocycles. The van der Waals surface area contributed by atoms with E-state index >= 15 is 0 Å². The summed E-state index contributed by atoms with van der Waals surface area (Å²) < 4.78 is 2.12. The zero-order valence-electron chi connectivity index (χ0n) is 24.5. The predicted molar refractivity (Wildman–Crippen MR) is 161 cm³/mol. The molecule has 3 aromatic rings. The molecule has 1 aliphatic rings. The highest BCUT2D eigenvalue weighted by Gasteiger charge is 2.25. The molecule has 11 heteroatoms. The highest BCUT2D eigenvalue weighted by Crippen LogP contribution is 2.21. The van der Waals surface area contributed by atoms with Gasteiger partial charge in [0.25, 0.3) is 5.91 Å². The quantitative estimate of drug-likeness (QED) is 0.317. The van der Waals surface area contributed by atoms with E-state index in [-0.39, 0.29) is 30.7 Å². The normalized spacial score (nSPS) is 20.0. The summed E-state index contributed by atoms with van der Waals surface area (Å²) >= 11 is 0. The van der Waals surface area contributed by atoms with Crippen molar-refractivity contribution in [2.24, 2.45) is 5.92 Å². The van der Waals surface area contributed by atoms with Crippen LogP contribution in [0.2, 0.25) is 0 Å². The maximum atomic E-state index is 13.2. The van der Waals surface area contributed by atoms with Crippen molar-refractivity contribution in [2.75, 3.05) is 26.2 Å². The number of aryl methyl sites for hydroxylation is 1. The second-order valence-corrected chi connectivity index (χ2v) is 11.1. The van der Waals surface area contributed by atoms with Crippen molar-refractivity contribution in [3.8, 4) is 0 Å². The second kappa shape index (κ2) is 14.6. The number of rotatable bonds is 4. The number of hydrogen-bond donors (Lipinski definition) is 5. The summed E-state index contributed by atoms with van der Waals surface area (Å²) in [4.78, 5) is 56.5. The standard InChI is InChI=1S/C31H41N7O4/c1-20(2)16-27-36-24-11-10-23-18-26(24)38(27)15-7-12-33-29(40)21(3)35-31(42)25(17-22-8-5-4-6-9-22)37-28(39)19-32-13-14-34-30(23)41/h4-6,8-11,18,20-21,25,32H,7,12-17,19H2,1-3H3,(H,33,40)(H,34,41)(H,35,42)(H,37,39)/t21-,25+/m1/s1. The molecule has 1 aromatic heterocycles. The van der Waals surface area contributed by atoms with E-state index in [9.17, 15) is 19.2 Å². The number of carbonyl (C=O) groups is 4. The van der Waals surface area contributed by atoms with Crippen LogP contribution in [0.3, 0.4) is 0 Å². The van der Waals surface area contributed by atoms with Crippen molar-refractivity contribution in [1.29, 1.82) is 0 Å². The Bertz CT molecular complexity index is 1400. The average Bonchev–Trinajstić information content (AvgIpc) is 3.29. The highest BCUT2D eigenvalue weighted by atomic mass is 16.2. The summed E-state index contributed by atoms with van der Waals surface area (Å²) in [6.45, 7) is 7.56. The number of amides is 4. The van der Waals surface area contributed by atoms with Gasteiger partial charge < -0.3 is 31.2 Å². The average molecular weight is 576 g/mol. The van der Waals surface area contributed by atoms with E-state index in [0.29, 0.717) is 44.1 Å². The van der Waals surface area contributed by atoms with Crippen LogP contribution in [0.5, 0.6) is 0 Å². The molecular weight excluding hydrogens is 534 g/mol. The lowest BCUT2D eigenvalue weighted by Gasteiger charge is -2.21. The van der Waals surface area contributed by atoms with E-state index in [1.807, 2.05) is 42.5 Å². The van der Waals surface area contributed by atoms with Gasteiger partial charge >= 0.3 is 0 Å². The Kier molecular flexibility index (Phi) is 10.7. The van der Waals surface area contributed by atoms with Crippen LogP contribution < -0.4 is 26.6 Å². The fourth-order valence-electron chi connectivity index (χ4n) is 4.94. The zero-order chi connectivity index (χ0) is 30.1. The van der Waals surface area contributed by atoms with Gasteiger partial charge in [0.1, 0.15) is 17.9 Å². The Morgan fingerprint density at radius 3 is 2.48 bits per heavy atom. The third-order valence-corrected chi connectivity index (χ3v) is 7.10. The number of carbonyl (C=O) groups excluding carboxylic acids is 4. The third-order valence-electron chi connectivity index (χ3n) is 7.10. The molecule has 0 spiro atoms. The van der Waals surface area contributed by atoms with Crippen LogP contribution in [0.1, 0.15) is 48.9 Å². The van der Waals surface area contributed by atoms with Crippen molar-refractivity contribution < 1.29 is 19.2 Å². The van der Waals surface area contributed by atoms with E-state index in [2.05, 4.69) is 45.0 Å². The Morgan fingerprint density at radius 1 is 0.929 bits per heavy atom. The number of nitrogens with zero attached hydrogens (tertiary/aromatic N) is 2. The molecule has 224 valence electrons. The van der Waals surface area contributed by atoms with Gasteiger partial charge in [-0.05, 0) is 43.0 Å². The van der Waals surface area contributed by atoms with Crippen LogP contribution in [-0.2, 0) is 33.8 Å². The van der Waals surface area contributed by atoms with Crippen molar-refractivity contribution in [3.63, 3.8) is 0 Å². The van der Waals surface area contributed by atoms with Crippen LogP contribution >= 0.6 is 0 Å². The number of benzene rings is 2. The maximum absolute atomic E-state index is 13.2. The van der Waals surface area contributed by atoms with Crippen LogP contribution in [0.4, 0.5) is 0 Å². The van der Waals surface area contributed by atoms with Crippen LogP contribution in [0, 0.1) is 5.92 Å². The van der Waals surface area contributed by atoms with Gasteiger partial charge in [0.2, 0.25) is 17.7 Å². The molecule has 2 bridgehead atoms. The Labute approximate surface area is 246 Å². The van der Waals surface area contributed by atoms with Crippen molar-refractivity contribution >= 4 is 34.7 Å². The van der Waals surface area contributed by atoms with Crippen molar-refractivity contribution in [2.45, 2.75) is 58.7 Å². The Morgan fingerprint density at radius 2 is 1.71 bits per heavy atom. The Balaban J connectivity index is 1.52. The van der Waals surface area contributed by atoms with Gasteiger partial charge in [-0.1, -0.05) is 44.2 Å². The molecule has 1 aliphatic heterocycles. The summed E-state index contributed by atoms with van der Waals surface area (Å²) in [5.41, 5.74) is 3.10. The number of fused-ring (bicyclic) bond motifs is 1. The minimum atomic E-state index is -0.861. The third kappa shape index (κ3) is 8.39. The number of aromatic nitrogens is 2. The molecule has 11 nitrogen and oxygen atoms in total. The van der Waals surface area contributed by atoms with Crippen LogP contribution in [0.15, 0.2) is 48.5 Å². The van der Waals surface area contributed by atoms with Crippen molar-refractivity contribution in [3.05, 3.63) is 65.5 Å². The van der Waals surface area contributed by atoms with E-state index in [4.69, 9.17) is 4.98 Å². The number of hydrogen-bond acceptors (Lipinski definition) is 6. The number of nitrogens with one attached hydrogen (secondary N) is 5. The summed E-state index contributed by atoms with van der Waals surface area (Å²) in [5, 5.41) is 14.3. The summed E-state index contributed by atoms with van der Waals surface area (Å²) in [7, 11) is 0. The lowest BCUT2D eigenvalue weighted by Crippen LogP contribution is -2.54. The van der Waals surface area contributed by atoms with E-state index in [0.717, 1.165) is 28.8 Å². The van der Waals surface area contributed by atoms with E-state index in [1.54, 1.807) is 13.0 Å². The predicted octanol–water partition coefficient (Wildman–Crippen LogP) is 1.31. The molecule has 0 saturated heterocycles. The minimum Gasteiger partial charge on any atom is -0.354 e. The van der Waals surface area contributed by atoms with Gasteiger partial charge in [-0.25, -0.2) is 4.98 Å². The van der Waals surface area contributed by atoms with Crippen LogP contribution in [-0.4, -0.2) is 71.4 Å². The maximum Gasteiger partial charge on any atom is 0.251 e. The molecule has 0 unspecified atom stereocenters. The molecule has 5 N–H and O–H groups in total. The SMILES string of the molecule is CC(C)Cc1nc2ccc3cc2n1CCCNC(=O)[C@@H](C)NC(=O)[C@H](Cc1ccccc1)NC(=O)CNCCNC3=O. The van der Waals surface area contributed by atoms with Gasteiger partial charge in [-0.3, -0.25) is 19.2 Å². The zero-order valence-corrected chi connectivity index (χ0v) is 24.5. The summed E-state index contributed by atoms with van der Waals surface area (Å²) in [6.07, 6.45) is 1.70.